The van der Waals surface area contributed by atoms with E-state index < -0.39 is 0 Å². The van der Waals surface area contributed by atoms with Crippen molar-refractivity contribution in [3.8, 4) is 0 Å². The van der Waals surface area contributed by atoms with Gasteiger partial charge in [0.2, 0.25) is 6.41 Å². The average molecular weight is 301 g/mol. The number of aromatic amines is 1. The van der Waals surface area contributed by atoms with Gasteiger partial charge in [-0.3, -0.25) is 4.79 Å². The number of carbonyl (C=O) groups excluding carboxylic acids is 1. The Kier molecular flexibility index (Phi) is 4.02. The molecular formula is C16H23N5O. The van der Waals surface area contributed by atoms with Crippen molar-refractivity contribution in [2.75, 3.05) is 32.0 Å². The minimum atomic E-state index is -0.0180. The first-order valence-electron chi connectivity index (χ1n) is 7.73. The number of rotatable bonds is 4. The maximum atomic E-state index is 11.3. The first-order valence-corrected chi connectivity index (χ1v) is 7.73. The fraction of sp³-hybridized carbons (Fsp3) is 0.500. The average Bonchev–Trinajstić information content (AvgIpc) is 2.91. The fourth-order valence-corrected chi connectivity index (χ4v) is 2.94. The lowest BCUT2D eigenvalue weighted by Gasteiger charge is -2.36. The summed E-state index contributed by atoms with van der Waals surface area (Å²) in [4.78, 5) is 23.5. The third-order valence-corrected chi connectivity index (χ3v) is 4.05. The van der Waals surface area contributed by atoms with E-state index in [1.165, 1.54) is 0 Å². The number of piperazine rings is 1. The summed E-state index contributed by atoms with van der Waals surface area (Å²) in [6.07, 6.45) is 0.929. The highest BCUT2D eigenvalue weighted by Crippen LogP contribution is 2.27. The highest BCUT2D eigenvalue weighted by Gasteiger charge is 2.28. The van der Waals surface area contributed by atoms with Crippen LogP contribution in [0.15, 0.2) is 18.2 Å². The van der Waals surface area contributed by atoms with Crippen molar-refractivity contribution in [2.45, 2.75) is 25.9 Å². The lowest BCUT2D eigenvalue weighted by atomic mass is 10.2. The van der Waals surface area contributed by atoms with Crippen LogP contribution in [0.1, 0.15) is 25.7 Å². The third-order valence-electron chi connectivity index (χ3n) is 4.05. The van der Waals surface area contributed by atoms with Crippen LogP contribution in [0.2, 0.25) is 0 Å². The Labute approximate surface area is 130 Å². The molecule has 1 amide bonds. The molecule has 1 saturated heterocycles. The summed E-state index contributed by atoms with van der Waals surface area (Å²) in [5.74, 6) is 0.853. The van der Waals surface area contributed by atoms with Crippen molar-refractivity contribution in [1.29, 1.82) is 0 Å². The Hall–Kier alpha value is -2.08. The number of H-pyrrole nitrogens is 1. The number of imidazole rings is 1. The number of hydrogen-bond donors (Lipinski definition) is 2. The summed E-state index contributed by atoms with van der Waals surface area (Å²) in [5.41, 5.74) is 2.96. The second kappa shape index (κ2) is 5.96. The normalized spacial score (nSPS) is 19.8. The number of fused-ring (bicyclic) bond motifs is 1. The Morgan fingerprint density at radius 2 is 2.23 bits per heavy atom. The smallest absolute Gasteiger partial charge is 0.210 e. The minimum absolute atomic E-state index is 0.0180. The Morgan fingerprint density at radius 3 is 2.95 bits per heavy atom. The van der Waals surface area contributed by atoms with E-state index in [9.17, 15) is 4.79 Å². The summed E-state index contributed by atoms with van der Waals surface area (Å²) in [6, 6.07) is 6.40. The van der Waals surface area contributed by atoms with E-state index in [1.807, 2.05) is 23.1 Å². The van der Waals surface area contributed by atoms with Crippen LogP contribution in [-0.2, 0) is 4.79 Å². The van der Waals surface area contributed by atoms with Crippen LogP contribution in [0.5, 0.6) is 0 Å². The molecule has 1 aromatic heterocycles. The number of benzene rings is 1. The van der Waals surface area contributed by atoms with Crippen LogP contribution >= 0.6 is 0 Å². The number of nitrogens with zero attached hydrogens (tertiary/aromatic N) is 3. The van der Waals surface area contributed by atoms with Gasteiger partial charge in [0.15, 0.2) is 0 Å². The molecule has 0 aliphatic carbocycles. The minimum Gasteiger partial charge on any atom is -0.381 e. The molecule has 1 atom stereocenters. The quantitative estimate of drug-likeness (QED) is 0.846. The van der Waals surface area contributed by atoms with Crippen molar-refractivity contribution in [1.82, 2.24) is 19.8 Å². The molecule has 6 nitrogen and oxygen atoms in total. The molecule has 0 spiro atoms. The van der Waals surface area contributed by atoms with Gasteiger partial charge in [0.05, 0.1) is 11.2 Å². The van der Waals surface area contributed by atoms with E-state index in [0.29, 0.717) is 6.04 Å². The predicted octanol–water partition coefficient (Wildman–Crippen LogP) is 1.83. The van der Waals surface area contributed by atoms with Gasteiger partial charge >= 0.3 is 0 Å². The second-order valence-corrected chi connectivity index (χ2v) is 6.24. The van der Waals surface area contributed by atoms with E-state index in [-0.39, 0.29) is 6.04 Å². The number of amides is 1. The van der Waals surface area contributed by atoms with Gasteiger partial charge in [-0.25, -0.2) is 4.98 Å². The molecule has 22 heavy (non-hydrogen) atoms. The molecular weight excluding hydrogens is 278 g/mol. The zero-order valence-electron chi connectivity index (χ0n) is 13.3. The lowest BCUT2D eigenvalue weighted by Crippen LogP contribution is -2.46. The summed E-state index contributed by atoms with van der Waals surface area (Å²) in [7, 11) is 2.07. The Morgan fingerprint density at radius 1 is 1.41 bits per heavy atom. The zero-order chi connectivity index (χ0) is 15.7. The first kappa shape index (κ1) is 14.8. The van der Waals surface area contributed by atoms with Gasteiger partial charge < -0.3 is 20.1 Å². The van der Waals surface area contributed by atoms with Crippen molar-refractivity contribution < 1.29 is 4.79 Å². The molecule has 3 rings (SSSR count). The molecule has 0 saturated carbocycles. The topological polar surface area (TPSA) is 64.3 Å². The molecule has 6 heteroatoms. The van der Waals surface area contributed by atoms with E-state index in [1.54, 1.807) is 0 Å². The summed E-state index contributed by atoms with van der Waals surface area (Å²) in [5, 5.41) is 3.42. The van der Waals surface area contributed by atoms with E-state index >= 15 is 0 Å². The number of anilines is 1. The molecule has 2 aromatic rings. The standard InChI is InChI=1S/C16H23N5O/c1-11(2)17-12-5-4-6-13-15(12)19-16(18-13)14-9-20(3)7-8-21(14)10-22/h4-6,10-11,14,17H,7-9H2,1-3H3,(H,18,19). The van der Waals surface area contributed by atoms with Crippen LogP contribution in [-0.4, -0.2) is 58.9 Å². The molecule has 1 aliphatic rings. The van der Waals surface area contributed by atoms with Gasteiger partial charge in [-0.15, -0.1) is 0 Å². The highest BCUT2D eigenvalue weighted by molar-refractivity contribution is 5.88. The van der Waals surface area contributed by atoms with E-state index in [0.717, 1.165) is 48.6 Å². The van der Waals surface area contributed by atoms with Crippen molar-refractivity contribution in [3.05, 3.63) is 24.0 Å². The summed E-state index contributed by atoms with van der Waals surface area (Å²) < 4.78 is 0. The number of hydrogen-bond acceptors (Lipinski definition) is 4. The monoisotopic (exact) mass is 301 g/mol. The number of nitrogens with one attached hydrogen (secondary N) is 2. The fourth-order valence-electron chi connectivity index (χ4n) is 2.94. The van der Waals surface area contributed by atoms with Crippen LogP contribution in [0.4, 0.5) is 5.69 Å². The second-order valence-electron chi connectivity index (χ2n) is 6.24. The third kappa shape index (κ3) is 2.78. The number of carbonyl (C=O) groups is 1. The number of likely N-dealkylation sites (N-methyl/N-ethyl adjacent to an activating group) is 1. The van der Waals surface area contributed by atoms with E-state index in [2.05, 4.69) is 36.1 Å². The molecule has 0 bridgehead atoms. The van der Waals surface area contributed by atoms with Gasteiger partial charge in [-0.1, -0.05) is 6.07 Å². The number of para-hydroxylation sites is 1. The molecule has 2 heterocycles. The van der Waals surface area contributed by atoms with Crippen molar-refractivity contribution in [3.63, 3.8) is 0 Å². The van der Waals surface area contributed by atoms with Gasteiger partial charge in [0.1, 0.15) is 17.4 Å². The van der Waals surface area contributed by atoms with Crippen molar-refractivity contribution >= 4 is 23.1 Å². The van der Waals surface area contributed by atoms with Gasteiger partial charge in [-0.2, -0.15) is 0 Å². The van der Waals surface area contributed by atoms with Gasteiger partial charge in [0, 0.05) is 25.7 Å². The van der Waals surface area contributed by atoms with Crippen LogP contribution in [0, 0.1) is 0 Å². The molecule has 1 unspecified atom stereocenters. The molecule has 118 valence electrons. The maximum Gasteiger partial charge on any atom is 0.210 e. The lowest BCUT2D eigenvalue weighted by molar-refractivity contribution is -0.122. The summed E-state index contributed by atoms with van der Waals surface area (Å²) in [6.45, 7) is 6.65. The van der Waals surface area contributed by atoms with Crippen molar-refractivity contribution in [2.24, 2.45) is 0 Å². The molecule has 2 N–H and O–H groups in total. The van der Waals surface area contributed by atoms with Crippen LogP contribution in [0.3, 0.4) is 0 Å². The van der Waals surface area contributed by atoms with E-state index in [4.69, 9.17) is 4.98 Å². The van der Waals surface area contributed by atoms with Gasteiger partial charge in [-0.05, 0) is 33.0 Å². The molecule has 1 fully saturated rings. The molecule has 0 radical (unpaired) electrons. The predicted molar refractivity (Wildman–Crippen MR) is 87.9 cm³/mol. The SMILES string of the molecule is CC(C)Nc1cccc2[nH]c(C3CN(C)CCN3C=O)nc12. The van der Waals surface area contributed by atoms with Gasteiger partial charge in [0.25, 0.3) is 0 Å². The number of aromatic nitrogens is 2. The van der Waals surface area contributed by atoms with Crippen LogP contribution in [0.25, 0.3) is 11.0 Å². The Balaban J connectivity index is 1.98. The van der Waals surface area contributed by atoms with Crippen LogP contribution < -0.4 is 5.32 Å². The maximum absolute atomic E-state index is 11.3. The summed E-state index contributed by atoms with van der Waals surface area (Å²) >= 11 is 0. The highest BCUT2D eigenvalue weighted by atomic mass is 16.1. The first-order chi connectivity index (χ1) is 10.6. The molecule has 1 aromatic carbocycles. The molecule has 1 aliphatic heterocycles. The zero-order valence-corrected chi connectivity index (χ0v) is 13.3. The largest absolute Gasteiger partial charge is 0.381 e. The Bertz CT molecular complexity index is 666.